The molecule has 15 heavy (non-hydrogen) atoms. The fraction of sp³-hybridized carbons (Fsp3) is 0.300. The van der Waals surface area contributed by atoms with E-state index in [0.717, 1.165) is 0 Å². The Morgan fingerprint density at radius 1 is 1.53 bits per heavy atom. The van der Waals surface area contributed by atoms with Gasteiger partial charge in [0.25, 0.3) is 0 Å². The summed E-state index contributed by atoms with van der Waals surface area (Å²) in [6.07, 6.45) is 0. The Bertz CT molecular complexity index is 366. The highest BCUT2D eigenvalue weighted by Gasteiger charge is 2.22. The fourth-order valence-electron chi connectivity index (χ4n) is 1.23. The maximum Gasteiger partial charge on any atom is 0.315 e. The van der Waals surface area contributed by atoms with E-state index in [2.05, 4.69) is 4.74 Å². The Morgan fingerprint density at radius 2 is 2.20 bits per heavy atom. The highest BCUT2D eigenvalue weighted by molar-refractivity contribution is 6.35. The summed E-state index contributed by atoms with van der Waals surface area (Å²) >= 11 is 11.6. The van der Waals surface area contributed by atoms with Gasteiger partial charge in [-0.25, -0.2) is 0 Å². The van der Waals surface area contributed by atoms with Crippen molar-refractivity contribution in [1.82, 2.24) is 0 Å². The molecular formula is C10H10Cl2O3. The molecule has 0 saturated carbocycles. The van der Waals surface area contributed by atoms with Crippen LogP contribution in [0.1, 0.15) is 11.5 Å². The van der Waals surface area contributed by atoms with Gasteiger partial charge >= 0.3 is 5.97 Å². The lowest BCUT2D eigenvalue weighted by Crippen LogP contribution is -2.18. The zero-order valence-corrected chi connectivity index (χ0v) is 9.55. The first kappa shape index (κ1) is 12.3. The molecule has 1 atom stereocenters. The second kappa shape index (κ2) is 5.35. The molecule has 0 aliphatic rings. The molecule has 0 aromatic heterocycles. The molecule has 5 heteroatoms. The van der Waals surface area contributed by atoms with Gasteiger partial charge in [-0.1, -0.05) is 29.3 Å². The van der Waals surface area contributed by atoms with E-state index in [1.807, 2.05) is 0 Å². The third-order valence-electron chi connectivity index (χ3n) is 2.01. The molecule has 82 valence electrons. The van der Waals surface area contributed by atoms with Gasteiger partial charge in [-0.05, 0) is 17.7 Å². The first-order valence-electron chi connectivity index (χ1n) is 4.23. The topological polar surface area (TPSA) is 46.5 Å². The number of rotatable bonds is 3. The van der Waals surface area contributed by atoms with E-state index >= 15 is 0 Å². The summed E-state index contributed by atoms with van der Waals surface area (Å²) in [4.78, 5) is 11.3. The number of ether oxygens (including phenoxy) is 1. The average Bonchev–Trinajstić information content (AvgIpc) is 2.21. The van der Waals surface area contributed by atoms with Gasteiger partial charge in [-0.15, -0.1) is 0 Å². The van der Waals surface area contributed by atoms with Gasteiger partial charge in [-0.3, -0.25) is 4.79 Å². The van der Waals surface area contributed by atoms with Crippen molar-refractivity contribution in [3.8, 4) is 0 Å². The SMILES string of the molecule is COC(=O)[C@H](CO)c1ccc(Cl)cc1Cl. The molecule has 0 unspecified atom stereocenters. The van der Waals surface area contributed by atoms with Gasteiger partial charge in [0.05, 0.1) is 13.7 Å². The first-order chi connectivity index (χ1) is 7.10. The standard InChI is InChI=1S/C10H10Cl2O3/c1-15-10(14)8(5-13)7-3-2-6(11)4-9(7)12/h2-4,8,13H,5H2,1H3/t8-/m1/s1. The zero-order valence-electron chi connectivity index (χ0n) is 8.04. The summed E-state index contributed by atoms with van der Waals surface area (Å²) in [6.45, 7) is -0.353. The third-order valence-corrected chi connectivity index (χ3v) is 2.57. The molecule has 0 spiro atoms. The molecular weight excluding hydrogens is 239 g/mol. The van der Waals surface area contributed by atoms with Gasteiger partial charge in [0, 0.05) is 10.0 Å². The van der Waals surface area contributed by atoms with Crippen molar-refractivity contribution >= 4 is 29.2 Å². The number of hydrogen-bond donors (Lipinski definition) is 1. The van der Waals surface area contributed by atoms with Crippen molar-refractivity contribution in [1.29, 1.82) is 0 Å². The molecule has 0 amide bonds. The number of hydrogen-bond acceptors (Lipinski definition) is 3. The average molecular weight is 249 g/mol. The number of halogens is 2. The molecule has 1 rings (SSSR count). The van der Waals surface area contributed by atoms with Crippen LogP contribution in [0.4, 0.5) is 0 Å². The van der Waals surface area contributed by atoms with E-state index in [4.69, 9.17) is 28.3 Å². The smallest absolute Gasteiger partial charge is 0.315 e. The van der Waals surface area contributed by atoms with E-state index in [0.29, 0.717) is 15.6 Å². The Morgan fingerprint density at radius 3 is 2.67 bits per heavy atom. The summed E-state index contributed by atoms with van der Waals surface area (Å²) in [6, 6.07) is 4.72. The second-order valence-corrected chi connectivity index (χ2v) is 3.77. The molecule has 3 nitrogen and oxygen atoms in total. The van der Waals surface area contributed by atoms with Crippen molar-refractivity contribution in [2.45, 2.75) is 5.92 Å². The van der Waals surface area contributed by atoms with Crippen molar-refractivity contribution in [2.75, 3.05) is 13.7 Å². The molecule has 0 saturated heterocycles. The van der Waals surface area contributed by atoms with Crippen molar-refractivity contribution in [2.24, 2.45) is 0 Å². The van der Waals surface area contributed by atoms with Crippen LogP contribution in [0.25, 0.3) is 0 Å². The van der Waals surface area contributed by atoms with Crippen LogP contribution in [0.3, 0.4) is 0 Å². The fourth-order valence-corrected chi connectivity index (χ4v) is 1.77. The van der Waals surface area contributed by atoms with Crippen molar-refractivity contribution in [3.63, 3.8) is 0 Å². The van der Waals surface area contributed by atoms with Crippen LogP contribution in [0, 0.1) is 0 Å². The molecule has 0 bridgehead atoms. The molecule has 0 aliphatic heterocycles. The lowest BCUT2D eigenvalue weighted by molar-refractivity contribution is -0.143. The minimum atomic E-state index is -0.764. The second-order valence-electron chi connectivity index (χ2n) is 2.92. The zero-order chi connectivity index (χ0) is 11.4. The van der Waals surface area contributed by atoms with E-state index in [-0.39, 0.29) is 6.61 Å². The Hall–Kier alpha value is -0.770. The van der Waals surface area contributed by atoms with Gasteiger partial charge in [0.2, 0.25) is 0 Å². The normalized spacial score (nSPS) is 12.3. The quantitative estimate of drug-likeness (QED) is 0.835. The van der Waals surface area contributed by atoms with Crippen molar-refractivity contribution < 1.29 is 14.6 Å². The van der Waals surface area contributed by atoms with E-state index in [1.54, 1.807) is 12.1 Å². The number of aliphatic hydroxyl groups is 1. The molecule has 1 aromatic rings. The maximum absolute atomic E-state index is 11.3. The Kier molecular flexibility index (Phi) is 4.39. The van der Waals surface area contributed by atoms with Crippen LogP contribution in [-0.4, -0.2) is 24.8 Å². The molecule has 0 aliphatic carbocycles. The largest absolute Gasteiger partial charge is 0.468 e. The molecule has 0 fully saturated rings. The minimum absolute atomic E-state index is 0.340. The summed E-state index contributed by atoms with van der Waals surface area (Å²) in [5, 5.41) is 9.90. The van der Waals surface area contributed by atoms with Crippen LogP contribution in [0.5, 0.6) is 0 Å². The van der Waals surface area contributed by atoms with Crippen LogP contribution in [0.15, 0.2) is 18.2 Å². The highest BCUT2D eigenvalue weighted by atomic mass is 35.5. The third kappa shape index (κ3) is 2.84. The monoisotopic (exact) mass is 248 g/mol. The molecule has 0 heterocycles. The van der Waals surface area contributed by atoms with Crippen LogP contribution >= 0.6 is 23.2 Å². The lowest BCUT2D eigenvalue weighted by Gasteiger charge is -2.13. The summed E-state index contributed by atoms with van der Waals surface area (Å²) in [5.74, 6) is -1.29. The minimum Gasteiger partial charge on any atom is -0.468 e. The van der Waals surface area contributed by atoms with Crippen molar-refractivity contribution in [3.05, 3.63) is 33.8 Å². The van der Waals surface area contributed by atoms with Crippen LogP contribution in [0.2, 0.25) is 10.0 Å². The number of esters is 1. The molecule has 1 N–H and O–H groups in total. The summed E-state index contributed by atoms with van der Waals surface area (Å²) < 4.78 is 4.55. The van der Waals surface area contributed by atoms with E-state index < -0.39 is 11.9 Å². The maximum atomic E-state index is 11.3. The van der Waals surface area contributed by atoms with Gasteiger partial charge < -0.3 is 9.84 Å². The first-order valence-corrected chi connectivity index (χ1v) is 4.99. The van der Waals surface area contributed by atoms with Crippen LogP contribution < -0.4 is 0 Å². The number of benzene rings is 1. The number of carbonyl (C=O) groups is 1. The predicted molar refractivity (Wildman–Crippen MR) is 58.3 cm³/mol. The summed E-state index contributed by atoms with van der Waals surface area (Å²) in [5.41, 5.74) is 0.510. The van der Waals surface area contributed by atoms with E-state index in [1.165, 1.54) is 13.2 Å². The lowest BCUT2D eigenvalue weighted by atomic mass is 10.0. The Labute approximate surface area is 97.6 Å². The van der Waals surface area contributed by atoms with E-state index in [9.17, 15) is 4.79 Å². The van der Waals surface area contributed by atoms with Crippen LogP contribution in [-0.2, 0) is 9.53 Å². The Balaban J connectivity index is 3.07. The number of carbonyl (C=O) groups excluding carboxylic acids is 1. The molecule has 0 radical (unpaired) electrons. The number of methoxy groups -OCH3 is 1. The predicted octanol–water partition coefficient (Wildman–Crippen LogP) is 2.24. The summed E-state index contributed by atoms with van der Waals surface area (Å²) in [7, 11) is 1.26. The van der Waals surface area contributed by atoms with Gasteiger partial charge in [0.1, 0.15) is 5.92 Å². The van der Waals surface area contributed by atoms with Gasteiger partial charge in [-0.2, -0.15) is 0 Å². The highest BCUT2D eigenvalue weighted by Crippen LogP contribution is 2.28. The van der Waals surface area contributed by atoms with Gasteiger partial charge in [0.15, 0.2) is 0 Å². The number of aliphatic hydroxyl groups excluding tert-OH is 1. The molecule has 1 aromatic carbocycles.